The number of halogens is 1. The van der Waals surface area contributed by atoms with Gasteiger partial charge < -0.3 is 15.0 Å². The molecule has 4 aromatic rings. The van der Waals surface area contributed by atoms with E-state index in [9.17, 15) is 9.18 Å². The fraction of sp³-hybridized carbons (Fsp3) is 0.346. The fourth-order valence-electron chi connectivity index (χ4n) is 5.00. The van der Waals surface area contributed by atoms with E-state index in [-0.39, 0.29) is 23.9 Å². The Morgan fingerprint density at radius 3 is 2.91 bits per heavy atom. The van der Waals surface area contributed by atoms with Gasteiger partial charge in [0.1, 0.15) is 17.6 Å². The number of nitrogens with one attached hydrogen (secondary N) is 2. The van der Waals surface area contributed by atoms with Crippen molar-refractivity contribution in [2.45, 2.75) is 44.7 Å². The van der Waals surface area contributed by atoms with Crippen molar-refractivity contribution in [3.8, 4) is 0 Å². The van der Waals surface area contributed by atoms with Crippen molar-refractivity contribution in [3.05, 3.63) is 83.1 Å². The number of H-pyrrole nitrogens is 1. The number of aromatic amines is 1. The molecule has 8 nitrogen and oxygen atoms in total. The minimum Gasteiger partial charge on any atom is -0.365 e. The molecule has 9 heteroatoms. The van der Waals surface area contributed by atoms with Gasteiger partial charge in [-0.15, -0.1) is 5.10 Å². The summed E-state index contributed by atoms with van der Waals surface area (Å²) >= 11 is 0. The number of ether oxygens (including phenoxy) is 1. The molecule has 35 heavy (non-hydrogen) atoms. The van der Waals surface area contributed by atoms with Gasteiger partial charge in [0, 0.05) is 48.3 Å². The van der Waals surface area contributed by atoms with Gasteiger partial charge in [-0.3, -0.25) is 9.69 Å². The van der Waals surface area contributed by atoms with Crippen LogP contribution >= 0.6 is 0 Å². The maximum atomic E-state index is 13.6. The number of carbonyl (C=O) groups is 1. The zero-order valence-corrected chi connectivity index (χ0v) is 19.3. The molecular formula is C26H27FN6O2. The molecule has 0 radical (unpaired) electrons. The van der Waals surface area contributed by atoms with Gasteiger partial charge in [0.15, 0.2) is 0 Å². The van der Waals surface area contributed by atoms with Crippen molar-refractivity contribution in [3.63, 3.8) is 0 Å². The van der Waals surface area contributed by atoms with Crippen LogP contribution in [0.1, 0.15) is 46.3 Å². The van der Waals surface area contributed by atoms with Gasteiger partial charge in [0.2, 0.25) is 0 Å². The van der Waals surface area contributed by atoms with Crippen molar-refractivity contribution in [2.75, 3.05) is 13.1 Å². The maximum Gasteiger partial charge on any atom is 0.251 e. The Morgan fingerprint density at radius 1 is 1.17 bits per heavy atom. The fourth-order valence-corrected chi connectivity index (χ4v) is 5.00. The third-order valence-corrected chi connectivity index (χ3v) is 7.01. The van der Waals surface area contributed by atoms with E-state index in [4.69, 9.17) is 4.74 Å². The Kier molecular flexibility index (Phi) is 5.79. The number of nitrogens with zero attached hydrogens (tertiary/aromatic N) is 4. The maximum absolute atomic E-state index is 13.6. The minimum absolute atomic E-state index is 0.0241. The predicted octanol–water partition coefficient (Wildman–Crippen LogP) is 3.56. The molecule has 0 bridgehead atoms. The number of hydrogen-bond acceptors (Lipinski definition) is 5. The molecule has 1 atom stereocenters. The summed E-state index contributed by atoms with van der Waals surface area (Å²) in [4.78, 5) is 18.2. The first kappa shape index (κ1) is 21.9. The summed E-state index contributed by atoms with van der Waals surface area (Å²) in [7, 11) is 0. The third-order valence-electron chi connectivity index (χ3n) is 7.01. The summed E-state index contributed by atoms with van der Waals surface area (Å²) in [6, 6.07) is 14.4. The molecule has 4 heterocycles. The van der Waals surface area contributed by atoms with Crippen molar-refractivity contribution in [1.82, 2.24) is 30.2 Å². The normalized spacial score (nSPS) is 19.1. The zero-order chi connectivity index (χ0) is 23.8. The highest BCUT2D eigenvalue weighted by Gasteiger charge is 2.27. The van der Waals surface area contributed by atoms with E-state index in [1.807, 2.05) is 41.2 Å². The summed E-state index contributed by atoms with van der Waals surface area (Å²) < 4.78 is 21.5. The third kappa shape index (κ3) is 4.56. The molecule has 2 aromatic heterocycles. The predicted molar refractivity (Wildman–Crippen MR) is 128 cm³/mol. The Balaban J connectivity index is 1.03. The van der Waals surface area contributed by atoms with Crippen molar-refractivity contribution in [1.29, 1.82) is 0 Å². The number of carbonyl (C=O) groups excluding carboxylic acids is 1. The molecule has 1 fully saturated rings. The molecule has 6 rings (SSSR count). The van der Waals surface area contributed by atoms with Crippen LogP contribution in [0.3, 0.4) is 0 Å². The van der Waals surface area contributed by atoms with Gasteiger partial charge in [-0.25, -0.2) is 9.07 Å². The molecule has 1 unspecified atom stereocenters. The number of likely N-dealkylation sites (tertiary alicyclic amines) is 1. The molecule has 0 spiro atoms. The first-order valence-corrected chi connectivity index (χ1v) is 12.0. The molecule has 1 saturated heterocycles. The number of rotatable bonds is 5. The summed E-state index contributed by atoms with van der Waals surface area (Å²) in [5, 5.41) is 13.0. The molecular weight excluding hydrogens is 447 g/mol. The second-order valence-corrected chi connectivity index (χ2v) is 9.32. The molecule has 0 saturated carbocycles. The van der Waals surface area contributed by atoms with Crippen LogP contribution in [0.2, 0.25) is 0 Å². The van der Waals surface area contributed by atoms with E-state index in [0.29, 0.717) is 25.3 Å². The SMILES string of the molecule is O=C(NC1CCN(Cc2nnn3c2COC(c2cccc(F)c2)C3)CC1)c1ccc2[nH]ccc2c1. The summed E-state index contributed by atoms with van der Waals surface area (Å²) in [6.07, 6.45) is 3.42. The summed E-state index contributed by atoms with van der Waals surface area (Å²) in [5.74, 6) is -0.290. The van der Waals surface area contributed by atoms with Gasteiger partial charge in [-0.05, 0) is 54.8 Å². The average molecular weight is 475 g/mol. The quantitative estimate of drug-likeness (QED) is 0.462. The molecule has 2 aliphatic heterocycles. The first-order valence-electron chi connectivity index (χ1n) is 12.0. The molecule has 0 aliphatic carbocycles. The second kappa shape index (κ2) is 9.24. The Labute approximate surface area is 202 Å². The topological polar surface area (TPSA) is 88.1 Å². The van der Waals surface area contributed by atoms with Crippen LogP contribution in [0.5, 0.6) is 0 Å². The van der Waals surface area contributed by atoms with E-state index in [1.54, 1.807) is 6.07 Å². The lowest BCUT2D eigenvalue weighted by molar-refractivity contribution is -0.00232. The van der Waals surface area contributed by atoms with Crippen LogP contribution in [0.25, 0.3) is 10.9 Å². The molecule has 2 N–H and O–H groups in total. The van der Waals surface area contributed by atoms with E-state index < -0.39 is 0 Å². The van der Waals surface area contributed by atoms with E-state index in [1.165, 1.54) is 12.1 Å². The summed E-state index contributed by atoms with van der Waals surface area (Å²) in [5.41, 5.74) is 4.43. The molecule has 1 amide bonds. The molecule has 180 valence electrons. The van der Waals surface area contributed by atoms with Gasteiger partial charge in [0.05, 0.1) is 18.8 Å². The Bertz CT molecular complexity index is 1360. The van der Waals surface area contributed by atoms with E-state index in [2.05, 4.69) is 25.5 Å². The molecule has 2 aliphatic rings. The van der Waals surface area contributed by atoms with Crippen LogP contribution in [0, 0.1) is 5.82 Å². The lowest BCUT2D eigenvalue weighted by atomic mass is 10.0. The lowest BCUT2D eigenvalue weighted by Crippen LogP contribution is -2.44. The number of fused-ring (bicyclic) bond motifs is 2. The monoisotopic (exact) mass is 474 g/mol. The van der Waals surface area contributed by atoms with Crippen LogP contribution in [0.4, 0.5) is 4.39 Å². The van der Waals surface area contributed by atoms with Gasteiger partial charge >= 0.3 is 0 Å². The lowest BCUT2D eigenvalue weighted by Gasteiger charge is -2.32. The number of aromatic nitrogens is 4. The van der Waals surface area contributed by atoms with E-state index in [0.717, 1.165) is 53.8 Å². The van der Waals surface area contributed by atoms with Crippen molar-refractivity contribution >= 4 is 16.8 Å². The smallest absolute Gasteiger partial charge is 0.251 e. The van der Waals surface area contributed by atoms with Gasteiger partial charge in [-0.1, -0.05) is 17.3 Å². The first-order chi connectivity index (χ1) is 17.1. The highest BCUT2D eigenvalue weighted by Crippen LogP contribution is 2.28. The number of hydrogen-bond donors (Lipinski definition) is 2. The second-order valence-electron chi connectivity index (χ2n) is 9.32. The number of benzene rings is 2. The van der Waals surface area contributed by atoms with Gasteiger partial charge in [-0.2, -0.15) is 0 Å². The standard InChI is InChI=1S/C26H27FN6O2/c27-20-3-1-2-18(13-20)25-15-33-24(16-35-25)23(30-31-33)14-32-10-7-21(8-11-32)29-26(34)19-4-5-22-17(12-19)6-9-28-22/h1-6,9,12-13,21,25,28H,7-8,10-11,14-16H2,(H,29,34). The number of piperidine rings is 1. The van der Waals surface area contributed by atoms with E-state index >= 15 is 0 Å². The molecule has 2 aromatic carbocycles. The minimum atomic E-state index is -0.266. The van der Waals surface area contributed by atoms with Crippen LogP contribution in [0.15, 0.2) is 54.7 Å². The van der Waals surface area contributed by atoms with Crippen LogP contribution < -0.4 is 5.32 Å². The highest BCUT2D eigenvalue weighted by molar-refractivity contribution is 5.98. The Hall–Kier alpha value is -3.56. The highest BCUT2D eigenvalue weighted by atomic mass is 19.1. The average Bonchev–Trinajstić information content (AvgIpc) is 3.51. The van der Waals surface area contributed by atoms with Crippen LogP contribution in [-0.4, -0.2) is 49.9 Å². The van der Waals surface area contributed by atoms with Crippen molar-refractivity contribution in [2.24, 2.45) is 0 Å². The Morgan fingerprint density at radius 2 is 2.06 bits per heavy atom. The zero-order valence-electron chi connectivity index (χ0n) is 19.3. The largest absolute Gasteiger partial charge is 0.365 e. The van der Waals surface area contributed by atoms with Gasteiger partial charge in [0.25, 0.3) is 5.91 Å². The van der Waals surface area contributed by atoms with Crippen molar-refractivity contribution < 1.29 is 13.9 Å². The van der Waals surface area contributed by atoms with Crippen LogP contribution in [-0.2, 0) is 24.4 Å². The summed E-state index contributed by atoms with van der Waals surface area (Å²) in [6.45, 7) is 3.38. The number of amides is 1.